The van der Waals surface area contributed by atoms with Crippen LogP contribution in [0.5, 0.6) is 5.88 Å². The molecule has 2 fully saturated rings. The summed E-state index contributed by atoms with van der Waals surface area (Å²) in [6.07, 6.45) is 6.92. The maximum Gasteiger partial charge on any atom is 0.330 e. The summed E-state index contributed by atoms with van der Waals surface area (Å²) < 4.78 is 6.44. The SMILES string of the molecule is CN1CCCCC=CC2CC2(C(=O)O)NC(=O)C2CC(Oc3cc(-c4ccccc4)nc(-c4ccccc4)n3)CC2C1=O. The number of carbonyl (C=O) groups excluding carboxylic acids is 2. The predicted molar refractivity (Wildman–Crippen MR) is 161 cm³/mol. The highest BCUT2D eigenvalue weighted by Crippen LogP contribution is 2.46. The summed E-state index contributed by atoms with van der Waals surface area (Å²) in [7, 11) is 1.77. The Morgan fingerprint density at radius 1 is 0.977 bits per heavy atom. The zero-order valence-electron chi connectivity index (χ0n) is 24.2. The number of fused-ring (bicyclic) bond motifs is 2. The van der Waals surface area contributed by atoms with Gasteiger partial charge in [-0.2, -0.15) is 4.98 Å². The first-order valence-electron chi connectivity index (χ1n) is 15.0. The van der Waals surface area contributed by atoms with Crippen LogP contribution in [0.3, 0.4) is 0 Å². The lowest BCUT2D eigenvalue weighted by atomic mass is 9.93. The molecular weight excluding hydrogens is 544 g/mol. The van der Waals surface area contributed by atoms with Gasteiger partial charge >= 0.3 is 5.97 Å². The highest BCUT2D eigenvalue weighted by molar-refractivity contribution is 5.94. The van der Waals surface area contributed by atoms with Crippen molar-refractivity contribution in [2.24, 2.45) is 17.8 Å². The number of aromatic nitrogens is 2. The van der Waals surface area contributed by atoms with Gasteiger partial charge in [-0.25, -0.2) is 9.78 Å². The fourth-order valence-corrected chi connectivity index (χ4v) is 6.32. The van der Waals surface area contributed by atoms with E-state index >= 15 is 0 Å². The van der Waals surface area contributed by atoms with E-state index in [1.807, 2.05) is 72.8 Å². The number of hydrogen-bond donors (Lipinski definition) is 2. The predicted octanol–water partition coefficient (Wildman–Crippen LogP) is 4.74. The zero-order chi connectivity index (χ0) is 30.0. The molecule has 2 saturated carbocycles. The molecule has 0 radical (unpaired) electrons. The van der Waals surface area contributed by atoms with Gasteiger partial charge in [-0.05, 0) is 38.5 Å². The standard InChI is InChI=1S/C34H36N4O5/c1-38-17-11-3-2-10-16-24-21-34(24,33(41)42)37-31(39)26-18-25(19-27(26)32(38)40)43-29-20-28(22-12-6-4-7-13-22)35-30(36-29)23-14-8-5-9-15-23/h4-10,12-16,20,24-27H,2-3,11,17-19,21H2,1H3,(H,37,39)(H,41,42). The summed E-state index contributed by atoms with van der Waals surface area (Å²) >= 11 is 0. The summed E-state index contributed by atoms with van der Waals surface area (Å²) in [6, 6.07) is 21.2. The molecule has 1 aliphatic heterocycles. The summed E-state index contributed by atoms with van der Waals surface area (Å²) in [5, 5.41) is 12.9. The summed E-state index contributed by atoms with van der Waals surface area (Å²) in [4.78, 5) is 50.8. The van der Waals surface area contributed by atoms with Crippen molar-refractivity contribution < 1.29 is 24.2 Å². The number of hydrogen-bond acceptors (Lipinski definition) is 6. The second-order valence-electron chi connectivity index (χ2n) is 11.8. The largest absolute Gasteiger partial charge is 0.479 e. The van der Waals surface area contributed by atoms with Crippen molar-refractivity contribution in [1.29, 1.82) is 0 Å². The fraction of sp³-hybridized carbons (Fsp3) is 0.382. The second-order valence-corrected chi connectivity index (χ2v) is 11.8. The third kappa shape index (κ3) is 6.02. The maximum atomic E-state index is 13.7. The van der Waals surface area contributed by atoms with E-state index in [0.717, 1.165) is 30.4 Å². The molecule has 2 aliphatic carbocycles. The number of benzene rings is 2. The quantitative estimate of drug-likeness (QED) is 0.418. The van der Waals surface area contributed by atoms with Crippen LogP contribution in [-0.2, 0) is 14.4 Å². The highest BCUT2D eigenvalue weighted by Gasteiger charge is 2.61. The van der Waals surface area contributed by atoms with Crippen molar-refractivity contribution in [2.75, 3.05) is 13.6 Å². The first-order valence-corrected chi connectivity index (χ1v) is 15.0. The number of carboxylic acid groups (broad SMARTS) is 1. The van der Waals surface area contributed by atoms with Gasteiger partial charge in [-0.3, -0.25) is 9.59 Å². The monoisotopic (exact) mass is 580 g/mol. The Labute approximate surface area is 251 Å². The number of allylic oxidation sites excluding steroid dienone is 1. The third-order valence-electron chi connectivity index (χ3n) is 8.87. The smallest absolute Gasteiger partial charge is 0.330 e. The van der Waals surface area contributed by atoms with Crippen molar-refractivity contribution >= 4 is 17.8 Å². The van der Waals surface area contributed by atoms with E-state index in [0.29, 0.717) is 36.8 Å². The van der Waals surface area contributed by atoms with E-state index in [2.05, 4.69) is 5.32 Å². The molecule has 9 heteroatoms. The first-order chi connectivity index (χ1) is 20.8. The van der Waals surface area contributed by atoms with Crippen LogP contribution >= 0.6 is 0 Å². The zero-order valence-corrected chi connectivity index (χ0v) is 24.2. The van der Waals surface area contributed by atoms with E-state index in [1.165, 1.54) is 0 Å². The average molecular weight is 581 g/mol. The van der Waals surface area contributed by atoms with Gasteiger partial charge in [0.25, 0.3) is 0 Å². The number of carboxylic acids is 1. The lowest BCUT2D eigenvalue weighted by Crippen LogP contribution is -2.49. The van der Waals surface area contributed by atoms with Gasteiger partial charge in [0, 0.05) is 36.7 Å². The molecule has 5 unspecified atom stereocenters. The molecule has 3 aliphatic rings. The van der Waals surface area contributed by atoms with Gasteiger partial charge in [0.15, 0.2) is 5.82 Å². The summed E-state index contributed by atoms with van der Waals surface area (Å²) in [5.74, 6) is -2.29. The molecule has 2 N–H and O–H groups in total. The van der Waals surface area contributed by atoms with E-state index in [4.69, 9.17) is 14.7 Å². The molecule has 6 rings (SSSR count). The number of nitrogens with zero attached hydrogens (tertiary/aromatic N) is 3. The van der Waals surface area contributed by atoms with Gasteiger partial charge in [-0.15, -0.1) is 0 Å². The summed E-state index contributed by atoms with van der Waals surface area (Å²) in [5.41, 5.74) is 1.13. The molecule has 2 heterocycles. The van der Waals surface area contributed by atoms with Crippen molar-refractivity contribution in [2.45, 2.75) is 50.2 Å². The molecule has 2 aromatic carbocycles. The van der Waals surface area contributed by atoms with Crippen molar-refractivity contribution in [3.8, 4) is 28.5 Å². The third-order valence-corrected chi connectivity index (χ3v) is 8.87. The van der Waals surface area contributed by atoms with E-state index in [1.54, 1.807) is 18.0 Å². The van der Waals surface area contributed by atoms with E-state index in [9.17, 15) is 19.5 Å². The molecular formula is C34H36N4O5. The molecule has 1 aromatic heterocycles. The molecule has 5 atom stereocenters. The van der Waals surface area contributed by atoms with Crippen LogP contribution in [0.4, 0.5) is 0 Å². The Kier molecular flexibility index (Phi) is 7.97. The molecule has 0 saturated heterocycles. The number of ether oxygens (including phenoxy) is 1. The molecule has 9 nitrogen and oxygen atoms in total. The van der Waals surface area contributed by atoms with Crippen LogP contribution in [0.2, 0.25) is 0 Å². The number of nitrogens with one attached hydrogen (secondary N) is 1. The maximum absolute atomic E-state index is 13.7. The van der Waals surface area contributed by atoms with Gasteiger partial charge < -0.3 is 20.1 Å². The average Bonchev–Trinajstić information content (AvgIpc) is 3.56. The fourth-order valence-electron chi connectivity index (χ4n) is 6.32. The number of amides is 2. The highest BCUT2D eigenvalue weighted by atomic mass is 16.5. The molecule has 3 aromatic rings. The van der Waals surface area contributed by atoms with Crippen molar-refractivity contribution in [3.05, 3.63) is 78.9 Å². The molecule has 43 heavy (non-hydrogen) atoms. The van der Waals surface area contributed by atoms with E-state index < -0.39 is 35.4 Å². The number of aliphatic carboxylic acids is 1. The van der Waals surface area contributed by atoms with E-state index in [-0.39, 0.29) is 18.2 Å². The molecule has 222 valence electrons. The number of carbonyl (C=O) groups is 3. The lowest BCUT2D eigenvalue weighted by molar-refractivity contribution is -0.145. The van der Waals surface area contributed by atoms with Crippen LogP contribution in [0.25, 0.3) is 22.6 Å². The molecule has 2 amide bonds. The molecule has 0 spiro atoms. The van der Waals surface area contributed by atoms with Crippen LogP contribution in [-0.4, -0.2) is 63.0 Å². The van der Waals surface area contributed by atoms with Crippen LogP contribution in [0.15, 0.2) is 78.9 Å². The minimum Gasteiger partial charge on any atom is -0.479 e. The Balaban J connectivity index is 1.29. The minimum absolute atomic E-state index is 0.117. The number of rotatable bonds is 5. The van der Waals surface area contributed by atoms with Gasteiger partial charge in [-0.1, -0.05) is 72.8 Å². The van der Waals surface area contributed by atoms with Crippen LogP contribution in [0.1, 0.15) is 38.5 Å². The Morgan fingerprint density at radius 3 is 2.40 bits per heavy atom. The Morgan fingerprint density at radius 2 is 1.67 bits per heavy atom. The summed E-state index contributed by atoms with van der Waals surface area (Å²) in [6.45, 7) is 0.596. The van der Waals surface area contributed by atoms with Gasteiger partial charge in [0.05, 0.1) is 17.5 Å². The van der Waals surface area contributed by atoms with Crippen molar-refractivity contribution in [3.63, 3.8) is 0 Å². The normalized spacial score (nSPS) is 27.4. The minimum atomic E-state index is -1.32. The topological polar surface area (TPSA) is 122 Å². The van der Waals surface area contributed by atoms with Crippen LogP contribution in [0, 0.1) is 17.8 Å². The van der Waals surface area contributed by atoms with Crippen molar-refractivity contribution in [1.82, 2.24) is 20.2 Å². The van der Waals surface area contributed by atoms with Gasteiger partial charge in [0.1, 0.15) is 11.6 Å². The molecule has 0 bridgehead atoms. The van der Waals surface area contributed by atoms with Gasteiger partial charge in [0.2, 0.25) is 17.7 Å². The lowest BCUT2D eigenvalue weighted by Gasteiger charge is -2.26. The van der Waals surface area contributed by atoms with Crippen LogP contribution < -0.4 is 10.1 Å². The second kappa shape index (κ2) is 12.0. The Bertz CT molecular complexity index is 1470. The Hall–Kier alpha value is -4.53. The first kappa shape index (κ1) is 28.6.